The van der Waals surface area contributed by atoms with Gasteiger partial charge < -0.3 is 5.32 Å². The largest absolute Gasteiger partial charge is 0.326 e. The van der Waals surface area contributed by atoms with Gasteiger partial charge in [-0.1, -0.05) is 27.7 Å². The quantitative estimate of drug-likeness (QED) is 0.762. The summed E-state index contributed by atoms with van der Waals surface area (Å²) in [6.07, 6.45) is 0.757. The lowest BCUT2D eigenvalue weighted by Crippen LogP contribution is -2.48. The number of carbonyl (C=O) groups excluding carboxylic acids is 2. The summed E-state index contributed by atoms with van der Waals surface area (Å²) in [6.45, 7) is 10.9. The van der Waals surface area contributed by atoms with Gasteiger partial charge in [0.1, 0.15) is 5.54 Å². The van der Waals surface area contributed by atoms with Crippen molar-refractivity contribution in [2.24, 2.45) is 11.8 Å². The van der Waals surface area contributed by atoms with Crippen molar-refractivity contribution in [1.82, 2.24) is 15.1 Å². The zero-order valence-corrected chi connectivity index (χ0v) is 14.3. The van der Waals surface area contributed by atoms with E-state index in [1.807, 2.05) is 0 Å². The van der Waals surface area contributed by atoms with Crippen LogP contribution in [0.4, 0.5) is 4.79 Å². The minimum atomic E-state index is -0.622. The van der Waals surface area contributed by atoms with Crippen LogP contribution in [-0.2, 0) is 4.79 Å². The van der Waals surface area contributed by atoms with Crippen LogP contribution in [0.15, 0.2) is 0 Å². The molecule has 2 saturated heterocycles. The van der Waals surface area contributed by atoms with Crippen LogP contribution in [0, 0.1) is 11.8 Å². The Balaban J connectivity index is 2.05. The Morgan fingerprint density at radius 1 is 1.24 bits per heavy atom. The van der Waals surface area contributed by atoms with Gasteiger partial charge in [0.25, 0.3) is 5.91 Å². The fourth-order valence-electron chi connectivity index (χ4n) is 3.06. The molecule has 2 aliphatic rings. The van der Waals surface area contributed by atoms with Crippen LogP contribution in [0.5, 0.6) is 0 Å². The van der Waals surface area contributed by atoms with Crippen LogP contribution in [0.25, 0.3) is 0 Å². The molecule has 0 bridgehead atoms. The monoisotopic (exact) mass is 313 g/mol. The van der Waals surface area contributed by atoms with Crippen LogP contribution in [0.2, 0.25) is 0 Å². The summed E-state index contributed by atoms with van der Waals surface area (Å²) < 4.78 is 0. The highest BCUT2D eigenvalue weighted by Crippen LogP contribution is 2.33. The molecule has 120 valence electrons. The molecule has 0 radical (unpaired) electrons. The van der Waals surface area contributed by atoms with Gasteiger partial charge in [0.15, 0.2) is 0 Å². The Hall–Kier alpha value is -0.750. The number of thioether (sulfide) groups is 1. The first-order valence-corrected chi connectivity index (χ1v) is 8.94. The summed E-state index contributed by atoms with van der Waals surface area (Å²) in [7, 11) is 0. The molecule has 5 nitrogen and oxygen atoms in total. The summed E-state index contributed by atoms with van der Waals surface area (Å²) in [5.41, 5.74) is -0.622. The Kier molecular flexibility index (Phi) is 5.20. The first-order valence-electron chi connectivity index (χ1n) is 7.78. The van der Waals surface area contributed by atoms with E-state index in [2.05, 4.69) is 37.9 Å². The zero-order valence-electron chi connectivity index (χ0n) is 13.5. The fourth-order valence-corrected chi connectivity index (χ4v) is 4.39. The highest BCUT2D eigenvalue weighted by Gasteiger charge is 2.53. The second-order valence-corrected chi connectivity index (χ2v) is 8.12. The van der Waals surface area contributed by atoms with E-state index in [1.165, 1.54) is 4.90 Å². The predicted octanol–water partition coefficient (Wildman–Crippen LogP) is 1.99. The molecule has 0 aromatic heterocycles. The molecule has 2 fully saturated rings. The Labute approximate surface area is 131 Å². The van der Waals surface area contributed by atoms with Gasteiger partial charge in [-0.05, 0) is 24.0 Å². The highest BCUT2D eigenvalue weighted by molar-refractivity contribution is 7.99. The molecule has 0 aliphatic carbocycles. The number of nitrogens with one attached hydrogen (secondary N) is 1. The van der Waals surface area contributed by atoms with Crippen LogP contribution in [0.3, 0.4) is 0 Å². The van der Waals surface area contributed by atoms with E-state index in [0.29, 0.717) is 24.3 Å². The van der Waals surface area contributed by atoms with Crippen molar-refractivity contribution in [3.63, 3.8) is 0 Å². The maximum absolute atomic E-state index is 12.6. The van der Waals surface area contributed by atoms with Crippen molar-refractivity contribution < 1.29 is 9.59 Å². The average molecular weight is 313 g/mol. The lowest BCUT2D eigenvalue weighted by Gasteiger charge is -2.29. The van der Waals surface area contributed by atoms with E-state index in [9.17, 15) is 9.59 Å². The summed E-state index contributed by atoms with van der Waals surface area (Å²) in [6, 6.07) is -0.222. The molecule has 2 heterocycles. The van der Waals surface area contributed by atoms with E-state index >= 15 is 0 Å². The third kappa shape index (κ3) is 3.72. The summed E-state index contributed by atoms with van der Waals surface area (Å²) in [5, 5.41) is 2.93. The van der Waals surface area contributed by atoms with Gasteiger partial charge in [-0.25, -0.2) is 9.69 Å². The predicted molar refractivity (Wildman–Crippen MR) is 86.2 cm³/mol. The Morgan fingerprint density at radius 3 is 2.33 bits per heavy atom. The van der Waals surface area contributed by atoms with E-state index < -0.39 is 5.54 Å². The molecule has 0 aromatic rings. The van der Waals surface area contributed by atoms with E-state index in [-0.39, 0.29) is 11.9 Å². The second-order valence-electron chi connectivity index (χ2n) is 7.01. The molecule has 21 heavy (non-hydrogen) atoms. The molecular formula is C15H27N3O2S. The number of hydrogen-bond acceptors (Lipinski definition) is 4. The highest BCUT2D eigenvalue weighted by atomic mass is 32.2. The minimum absolute atomic E-state index is 0.0324. The van der Waals surface area contributed by atoms with Gasteiger partial charge in [-0.2, -0.15) is 11.8 Å². The number of imide groups is 1. The standard InChI is InChI=1S/C15H27N3O2S/c1-11(2)7-17(8-12(3)4)10-18-13(19)15(16-14(18)20)5-6-21-9-15/h11-12H,5-10H2,1-4H3,(H,16,20)/t15-/m1/s1. The van der Waals surface area contributed by atoms with E-state index in [1.54, 1.807) is 11.8 Å². The molecule has 0 aromatic carbocycles. The van der Waals surface area contributed by atoms with Gasteiger partial charge >= 0.3 is 6.03 Å². The van der Waals surface area contributed by atoms with E-state index in [0.717, 1.165) is 25.3 Å². The van der Waals surface area contributed by atoms with Gasteiger partial charge in [0.2, 0.25) is 0 Å². The van der Waals surface area contributed by atoms with Crippen molar-refractivity contribution >= 4 is 23.7 Å². The summed E-state index contributed by atoms with van der Waals surface area (Å²) in [5.74, 6) is 2.65. The first-order chi connectivity index (χ1) is 9.84. The molecule has 2 rings (SSSR count). The number of hydrogen-bond donors (Lipinski definition) is 1. The minimum Gasteiger partial charge on any atom is -0.322 e. The van der Waals surface area contributed by atoms with Crippen LogP contribution < -0.4 is 5.32 Å². The van der Waals surface area contributed by atoms with Gasteiger partial charge in [-0.15, -0.1) is 0 Å². The summed E-state index contributed by atoms with van der Waals surface area (Å²) in [4.78, 5) is 28.5. The third-order valence-corrected chi connectivity index (χ3v) is 5.05. The number of urea groups is 1. The molecule has 6 heteroatoms. The van der Waals surface area contributed by atoms with Gasteiger partial charge in [0.05, 0.1) is 6.67 Å². The molecule has 0 unspecified atom stereocenters. The number of rotatable bonds is 6. The zero-order chi connectivity index (χ0) is 15.6. The lowest BCUT2D eigenvalue weighted by atomic mass is 9.99. The van der Waals surface area contributed by atoms with Crippen LogP contribution >= 0.6 is 11.8 Å². The lowest BCUT2D eigenvalue weighted by molar-refractivity contribution is -0.132. The fraction of sp³-hybridized carbons (Fsp3) is 0.867. The molecule has 3 amide bonds. The van der Waals surface area contributed by atoms with Gasteiger partial charge in [0, 0.05) is 18.8 Å². The third-order valence-electron chi connectivity index (χ3n) is 3.86. The number of amides is 3. The van der Waals surface area contributed by atoms with Crippen molar-refractivity contribution in [3.8, 4) is 0 Å². The van der Waals surface area contributed by atoms with Crippen LogP contribution in [0.1, 0.15) is 34.1 Å². The molecule has 0 saturated carbocycles. The first kappa shape index (κ1) is 16.6. The molecule has 1 N–H and O–H groups in total. The number of nitrogens with zero attached hydrogens (tertiary/aromatic N) is 2. The molecule has 1 atom stereocenters. The Bertz CT molecular complexity index is 396. The maximum atomic E-state index is 12.6. The van der Waals surface area contributed by atoms with Gasteiger partial charge in [-0.3, -0.25) is 9.69 Å². The molecule has 2 aliphatic heterocycles. The second kappa shape index (κ2) is 6.57. The Morgan fingerprint density at radius 2 is 1.86 bits per heavy atom. The van der Waals surface area contributed by atoms with Crippen molar-refractivity contribution in [2.45, 2.75) is 39.7 Å². The molecule has 1 spiro atoms. The normalized spacial score (nSPS) is 26.0. The summed E-state index contributed by atoms with van der Waals surface area (Å²) >= 11 is 1.74. The van der Waals surface area contributed by atoms with E-state index in [4.69, 9.17) is 0 Å². The maximum Gasteiger partial charge on any atom is 0.326 e. The topological polar surface area (TPSA) is 52.6 Å². The average Bonchev–Trinajstić information content (AvgIpc) is 2.90. The van der Waals surface area contributed by atoms with Crippen LogP contribution in [-0.4, -0.2) is 58.5 Å². The van der Waals surface area contributed by atoms with Crippen molar-refractivity contribution in [2.75, 3.05) is 31.3 Å². The van der Waals surface area contributed by atoms with Crippen molar-refractivity contribution in [1.29, 1.82) is 0 Å². The smallest absolute Gasteiger partial charge is 0.322 e. The molecular weight excluding hydrogens is 286 g/mol. The number of carbonyl (C=O) groups is 2. The SMILES string of the molecule is CC(C)CN(CC(C)C)CN1C(=O)N[C@@]2(CCSC2)C1=O. The van der Waals surface area contributed by atoms with Crippen molar-refractivity contribution in [3.05, 3.63) is 0 Å².